The molecule has 0 amide bonds. The zero-order valence-electron chi connectivity index (χ0n) is 21.8. The molecule has 0 saturated heterocycles. The number of aliphatic hydroxyl groups is 1. The van der Waals surface area contributed by atoms with Crippen molar-refractivity contribution >= 4 is 0 Å². The zero-order valence-corrected chi connectivity index (χ0v) is 21.8. The molecule has 0 aromatic heterocycles. The number of allylic oxidation sites excluding steroid dienone is 2. The lowest BCUT2D eigenvalue weighted by Crippen LogP contribution is -2.66. The van der Waals surface area contributed by atoms with Crippen LogP contribution >= 0.6 is 0 Å². The predicted molar refractivity (Wildman–Crippen MR) is 131 cm³/mol. The minimum atomic E-state index is -0.134. The van der Waals surface area contributed by atoms with Gasteiger partial charge in [0.15, 0.2) is 0 Å². The van der Waals surface area contributed by atoms with E-state index in [1.165, 1.54) is 44.9 Å². The van der Waals surface area contributed by atoms with Crippen molar-refractivity contribution in [3.05, 3.63) is 12.2 Å². The van der Waals surface area contributed by atoms with Gasteiger partial charge in [-0.25, -0.2) is 0 Å². The molecular weight excluding hydrogens is 376 g/mol. The third-order valence-electron chi connectivity index (χ3n) is 13.5. The molecule has 1 N–H and O–H groups in total. The van der Waals surface area contributed by atoms with E-state index in [1.807, 2.05) is 0 Å². The zero-order chi connectivity index (χ0) is 22.6. The van der Waals surface area contributed by atoms with Crippen LogP contribution in [0.25, 0.3) is 0 Å². The molecule has 0 aliphatic heterocycles. The Labute approximate surface area is 192 Å². The summed E-state index contributed by atoms with van der Waals surface area (Å²) < 4.78 is 0. The Morgan fingerprint density at radius 3 is 2.16 bits per heavy atom. The fraction of sp³-hybridized carbons (Fsp3) is 0.933. The van der Waals surface area contributed by atoms with Crippen molar-refractivity contribution in [3.8, 4) is 0 Å². The van der Waals surface area contributed by atoms with Crippen LogP contribution in [0.3, 0.4) is 0 Å². The number of aliphatic hydroxyl groups excluding tert-OH is 1. The lowest BCUT2D eigenvalue weighted by atomic mass is 9.32. The highest BCUT2D eigenvalue weighted by atomic mass is 16.3. The molecule has 5 rings (SSSR count). The van der Waals surface area contributed by atoms with Crippen molar-refractivity contribution in [1.82, 2.24) is 0 Å². The molecule has 11 atom stereocenters. The normalized spacial score (nSPS) is 60.4. The van der Waals surface area contributed by atoms with Crippen molar-refractivity contribution in [3.63, 3.8) is 0 Å². The van der Waals surface area contributed by atoms with Crippen LogP contribution in [-0.2, 0) is 0 Å². The Morgan fingerprint density at radius 2 is 1.45 bits per heavy atom. The van der Waals surface area contributed by atoms with Gasteiger partial charge in [0.05, 0.1) is 6.10 Å². The monoisotopic (exact) mass is 426 g/mol. The molecule has 1 heteroatoms. The van der Waals surface area contributed by atoms with Gasteiger partial charge in [-0.15, -0.1) is 0 Å². The van der Waals surface area contributed by atoms with Gasteiger partial charge in [-0.3, -0.25) is 0 Å². The Bertz CT molecular complexity index is 766. The summed E-state index contributed by atoms with van der Waals surface area (Å²) in [6.45, 7) is 20.5. The van der Waals surface area contributed by atoms with Gasteiger partial charge in [0.1, 0.15) is 0 Å². The van der Waals surface area contributed by atoms with Crippen molar-refractivity contribution in [1.29, 1.82) is 0 Å². The first-order valence-electron chi connectivity index (χ1n) is 13.7. The Kier molecular flexibility index (Phi) is 4.82. The first-order valence-corrected chi connectivity index (χ1v) is 13.7. The highest BCUT2D eigenvalue weighted by molar-refractivity contribution is 5.26. The lowest BCUT2D eigenvalue weighted by molar-refractivity contribution is -0.219. The van der Waals surface area contributed by atoms with E-state index >= 15 is 0 Å². The maximum absolute atomic E-state index is 10.9. The fourth-order valence-electron chi connectivity index (χ4n) is 10.9. The largest absolute Gasteiger partial charge is 0.393 e. The average molecular weight is 427 g/mol. The topological polar surface area (TPSA) is 20.2 Å². The van der Waals surface area contributed by atoms with Gasteiger partial charge in [0.25, 0.3) is 0 Å². The molecule has 4 saturated carbocycles. The van der Waals surface area contributed by atoms with Crippen LogP contribution in [0.5, 0.6) is 0 Å². The molecule has 31 heavy (non-hydrogen) atoms. The molecule has 176 valence electrons. The highest BCUT2D eigenvalue weighted by Crippen LogP contribution is 2.75. The number of hydrogen-bond donors (Lipinski definition) is 1. The van der Waals surface area contributed by atoms with Gasteiger partial charge in [0.2, 0.25) is 0 Å². The summed E-state index contributed by atoms with van der Waals surface area (Å²) in [6.07, 6.45) is 15.9. The minimum absolute atomic E-state index is 0.0401. The van der Waals surface area contributed by atoms with E-state index < -0.39 is 0 Å². The first kappa shape index (κ1) is 22.5. The highest BCUT2D eigenvalue weighted by Gasteiger charge is 2.68. The van der Waals surface area contributed by atoms with Gasteiger partial charge >= 0.3 is 0 Å². The second kappa shape index (κ2) is 6.64. The Balaban J connectivity index is 1.59. The standard InChI is InChI=1S/C30H50O/c1-19-11-14-27(5)17-18-29(7)21(25(27)20(19)2)9-10-23-28(6)15-13-24(31)26(3,4)22(28)12-16-30(23,29)8/h9-10,19-25,31H,11-18H2,1-8H3/t19-,20+,21-,22?,23-,24+,25+,27-,28+,29-,30-/m1/s1. The molecule has 1 unspecified atom stereocenters. The van der Waals surface area contributed by atoms with Crippen molar-refractivity contribution in [2.45, 2.75) is 113 Å². The van der Waals surface area contributed by atoms with Crippen LogP contribution in [0.2, 0.25) is 0 Å². The van der Waals surface area contributed by atoms with E-state index in [-0.39, 0.29) is 11.5 Å². The minimum Gasteiger partial charge on any atom is -0.393 e. The summed E-state index contributed by atoms with van der Waals surface area (Å²) in [5.41, 5.74) is 1.71. The molecule has 1 nitrogen and oxygen atoms in total. The van der Waals surface area contributed by atoms with Crippen molar-refractivity contribution in [2.24, 2.45) is 62.6 Å². The molecule has 0 aromatic carbocycles. The third kappa shape index (κ3) is 2.65. The summed E-state index contributed by atoms with van der Waals surface area (Å²) in [5, 5.41) is 10.9. The molecule has 0 spiro atoms. The molecular formula is C30H50O. The van der Waals surface area contributed by atoms with Crippen LogP contribution in [0.15, 0.2) is 12.2 Å². The third-order valence-corrected chi connectivity index (χ3v) is 13.5. The van der Waals surface area contributed by atoms with Gasteiger partial charge < -0.3 is 5.11 Å². The van der Waals surface area contributed by atoms with Crippen LogP contribution < -0.4 is 0 Å². The van der Waals surface area contributed by atoms with Crippen LogP contribution in [-0.4, -0.2) is 11.2 Å². The van der Waals surface area contributed by atoms with E-state index in [9.17, 15) is 5.11 Å². The van der Waals surface area contributed by atoms with Crippen LogP contribution in [0.1, 0.15) is 107 Å². The summed E-state index contributed by atoms with van der Waals surface area (Å²) in [6, 6.07) is 0. The lowest BCUT2D eigenvalue weighted by Gasteiger charge is -2.72. The Hall–Kier alpha value is -0.300. The first-order chi connectivity index (χ1) is 14.3. The van der Waals surface area contributed by atoms with E-state index in [0.29, 0.717) is 33.5 Å². The van der Waals surface area contributed by atoms with Crippen molar-refractivity contribution in [2.75, 3.05) is 0 Å². The van der Waals surface area contributed by atoms with Crippen molar-refractivity contribution < 1.29 is 5.11 Å². The molecule has 0 heterocycles. The molecule has 0 aromatic rings. The van der Waals surface area contributed by atoms with Crippen LogP contribution in [0.4, 0.5) is 0 Å². The van der Waals surface area contributed by atoms with E-state index in [4.69, 9.17) is 0 Å². The van der Waals surface area contributed by atoms with Gasteiger partial charge in [-0.1, -0.05) is 67.5 Å². The fourth-order valence-corrected chi connectivity index (χ4v) is 10.9. The average Bonchev–Trinajstić information content (AvgIpc) is 2.69. The smallest absolute Gasteiger partial charge is 0.0594 e. The molecule has 4 fully saturated rings. The molecule has 5 aliphatic rings. The number of hydrogen-bond acceptors (Lipinski definition) is 1. The SMILES string of the molecule is C[C@@H]1[C@H]2[C@H]3C=C[C@@H]4[C@@]5(C)CC[C@H](O)C(C)(C)C5CC[C@@]4(C)[C@]3(C)CC[C@@]2(C)CC[C@H]1C. The quantitative estimate of drug-likeness (QED) is 0.390. The van der Waals surface area contributed by atoms with Gasteiger partial charge in [-0.05, 0) is 114 Å². The maximum atomic E-state index is 10.9. The summed E-state index contributed by atoms with van der Waals surface area (Å²) in [5.74, 6) is 4.59. The predicted octanol–water partition coefficient (Wildman–Crippen LogP) is 7.88. The van der Waals surface area contributed by atoms with Crippen LogP contribution in [0, 0.1) is 62.6 Å². The van der Waals surface area contributed by atoms with E-state index in [1.54, 1.807) is 0 Å². The second-order valence-corrected chi connectivity index (χ2v) is 14.8. The summed E-state index contributed by atoms with van der Waals surface area (Å²) >= 11 is 0. The number of rotatable bonds is 0. The summed E-state index contributed by atoms with van der Waals surface area (Å²) in [4.78, 5) is 0. The Morgan fingerprint density at radius 1 is 0.742 bits per heavy atom. The molecule has 0 bridgehead atoms. The van der Waals surface area contributed by atoms with E-state index in [2.05, 4.69) is 67.5 Å². The molecule has 0 radical (unpaired) electrons. The molecule has 5 aliphatic carbocycles. The maximum Gasteiger partial charge on any atom is 0.0594 e. The summed E-state index contributed by atoms with van der Waals surface area (Å²) in [7, 11) is 0. The number of fused-ring (bicyclic) bond motifs is 7. The van der Waals surface area contributed by atoms with Gasteiger partial charge in [-0.2, -0.15) is 0 Å². The van der Waals surface area contributed by atoms with Gasteiger partial charge in [0, 0.05) is 0 Å². The second-order valence-electron chi connectivity index (χ2n) is 14.8. The van der Waals surface area contributed by atoms with E-state index in [0.717, 1.165) is 30.1 Å².